The minimum absolute atomic E-state index is 0.148. The third-order valence-corrected chi connectivity index (χ3v) is 3.80. The van der Waals surface area contributed by atoms with E-state index in [1.807, 2.05) is 0 Å². The number of hydrogen-bond donors (Lipinski definition) is 1. The Hall–Kier alpha value is -0.390. The molecule has 5 heteroatoms. The number of benzene rings is 1. The van der Waals surface area contributed by atoms with E-state index >= 15 is 0 Å². The molecule has 1 aromatic rings. The van der Waals surface area contributed by atoms with Crippen LogP contribution in [0.4, 0.5) is 0 Å². The zero-order chi connectivity index (χ0) is 11.5. The number of primary sulfonamides is 1. The zero-order valence-corrected chi connectivity index (χ0v) is 10.9. The van der Waals surface area contributed by atoms with E-state index < -0.39 is 10.0 Å². The highest BCUT2D eigenvalue weighted by Gasteiger charge is 2.09. The van der Waals surface area contributed by atoms with Gasteiger partial charge in [-0.15, -0.1) is 0 Å². The van der Waals surface area contributed by atoms with Crippen LogP contribution in [0.2, 0.25) is 0 Å². The fourth-order valence-corrected chi connectivity index (χ4v) is 2.54. The molecule has 84 valence electrons. The molecule has 0 aliphatic heterocycles. The summed E-state index contributed by atoms with van der Waals surface area (Å²) in [5, 5.41) is 5.03. The minimum atomic E-state index is -3.59. The van der Waals surface area contributed by atoms with Crippen LogP contribution in [0.5, 0.6) is 0 Å². The molecule has 3 nitrogen and oxygen atoms in total. The number of sulfonamides is 1. The summed E-state index contributed by atoms with van der Waals surface area (Å²) in [5.74, 6) is 0. The number of aryl methyl sites for hydroxylation is 1. The summed E-state index contributed by atoms with van der Waals surface area (Å²) in [6.45, 7) is 2.12. The van der Waals surface area contributed by atoms with Gasteiger partial charge in [-0.05, 0) is 30.5 Å². The van der Waals surface area contributed by atoms with Crippen molar-refractivity contribution >= 4 is 26.0 Å². The number of unbranched alkanes of at least 4 members (excludes halogenated alkanes) is 1. The first-order chi connectivity index (χ1) is 6.95. The van der Waals surface area contributed by atoms with Crippen LogP contribution < -0.4 is 5.14 Å². The number of nitrogens with two attached hydrogens (primary N) is 1. The second-order valence-corrected chi connectivity index (χ2v) is 5.82. The topological polar surface area (TPSA) is 60.2 Å². The summed E-state index contributed by atoms with van der Waals surface area (Å²) in [5.41, 5.74) is 1.12. The van der Waals surface area contributed by atoms with Crippen molar-refractivity contribution in [2.24, 2.45) is 5.14 Å². The van der Waals surface area contributed by atoms with Gasteiger partial charge in [0.2, 0.25) is 10.0 Å². The normalized spacial score (nSPS) is 11.7. The van der Waals surface area contributed by atoms with Crippen molar-refractivity contribution in [2.45, 2.75) is 31.1 Å². The monoisotopic (exact) mass is 291 g/mol. The summed E-state index contributed by atoms with van der Waals surface area (Å²) >= 11 is 3.35. The molecule has 1 aromatic carbocycles. The van der Waals surface area contributed by atoms with Gasteiger partial charge in [0.15, 0.2) is 0 Å². The van der Waals surface area contributed by atoms with Crippen molar-refractivity contribution in [3.63, 3.8) is 0 Å². The lowest BCUT2D eigenvalue weighted by molar-refractivity contribution is 0.597. The highest BCUT2D eigenvalue weighted by atomic mass is 79.9. The molecule has 2 N–H and O–H groups in total. The average molecular weight is 292 g/mol. The van der Waals surface area contributed by atoms with Crippen LogP contribution in [0.1, 0.15) is 25.3 Å². The van der Waals surface area contributed by atoms with E-state index in [1.165, 1.54) is 0 Å². The minimum Gasteiger partial charge on any atom is -0.225 e. The zero-order valence-electron chi connectivity index (χ0n) is 8.53. The molecule has 15 heavy (non-hydrogen) atoms. The van der Waals surface area contributed by atoms with E-state index in [4.69, 9.17) is 5.14 Å². The largest absolute Gasteiger partial charge is 0.238 e. The summed E-state index contributed by atoms with van der Waals surface area (Å²) in [4.78, 5) is 0.148. The van der Waals surface area contributed by atoms with Gasteiger partial charge < -0.3 is 0 Å². The second-order valence-electron chi connectivity index (χ2n) is 3.40. The number of rotatable bonds is 4. The Morgan fingerprint density at radius 2 is 2.07 bits per heavy atom. The molecule has 0 bridgehead atoms. The lowest BCUT2D eigenvalue weighted by atomic mass is 10.1. The molecule has 0 aliphatic rings. The molecular weight excluding hydrogens is 278 g/mol. The molecular formula is C10H14BrNO2S. The fourth-order valence-electron chi connectivity index (χ4n) is 1.27. The van der Waals surface area contributed by atoms with Crippen LogP contribution in [-0.2, 0) is 16.4 Å². The lowest BCUT2D eigenvalue weighted by Crippen LogP contribution is -2.12. The van der Waals surface area contributed by atoms with Crippen LogP contribution in [0.15, 0.2) is 27.6 Å². The first kappa shape index (κ1) is 12.7. The van der Waals surface area contributed by atoms with Gasteiger partial charge in [0, 0.05) is 4.47 Å². The van der Waals surface area contributed by atoms with Crippen LogP contribution in [0.3, 0.4) is 0 Å². The van der Waals surface area contributed by atoms with Gasteiger partial charge in [0.1, 0.15) is 0 Å². The van der Waals surface area contributed by atoms with E-state index in [0.29, 0.717) is 0 Å². The predicted molar refractivity (Wildman–Crippen MR) is 64.1 cm³/mol. The van der Waals surface area contributed by atoms with Crippen LogP contribution in [0.25, 0.3) is 0 Å². The predicted octanol–water partition coefficient (Wildman–Crippen LogP) is 2.44. The van der Waals surface area contributed by atoms with Gasteiger partial charge in [0.25, 0.3) is 0 Å². The molecule has 0 fully saturated rings. The van der Waals surface area contributed by atoms with E-state index in [1.54, 1.807) is 18.2 Å². The first-order valence-corrected chi connectivity index (χ1v) is 7.10. The molecule has 0 heterocycles. The Labute approximate surface area is 98.9 Å². The molecule has 0 spiro atoms. The van der Waals surface area contributed by atoms with Crippen LogP contribution in [0, 0.1) is 0 Å². The molecule has 0 saturated carbocycles. The van der Waals surface area contributed by atoms with Crippen molar-refractivity contribution in [3.8, 4) is 0 Å². The van der Waals surface area contributed by atoms with E-state index in [9.17, 15) is 8.42 Å². The third kappa shape index (κ3) is 3.59. The molecule has 0 aliphatic carbocycles. The highest BCUT2D eigenvalue weighted by Crippen LogP contribution is 2.22. The van der Waals surface area contributed by atoms with Crippen molar-refractivity contribution in [1.29, 1.82) is 0 Å². The van der Waals surface area contributed by atoms with Gasteiger partial charge in [-0.1, -0.05) is 35.3 Å². The van der Waals surface area contributed by atoms with Gasteiger partial charge >= 0.3 is 0 Å². The maximum atomic E-state index is 11.1. The van der Waals surface area contributed by atoms with Crippen LogP contribution >= 0.6 is 15.9 Å². The van der Waals surface area contributed by atoms with E-state index in [0.717, 1.165) is 29.3 Å². The molecule has 0 saturated heterocycles. The Kier molecular flexibility index (Phi) is 4.31. The summed E-state index contributed by atoms with van der Waals surface area (Å²) in [7, 11) is -3.59. The van der Waals surface area contributed by atoms with Crippen molar-refractivity contribution in [1.82, 2.24) is 0 Å². The highest BCUT2D eigenvalue weighted by molar-refractivity contribution is 9.10. The van der Waals surface area contributed by atoms with Gasteiger partial charge in [-0.2, -0.15) is 0 Å². The number of halogens is 1. The van der Waals surface area contributed by atoms with Crippen molar-refractivity contribution < 1.29 is 8.42 Å². The average Bonchev–Trinajstić information content (AvgIpc) is 2.14. The molecule has 0 atom stereocenters. The molecule has 0 amide bonds. The molecule has 0 unspecified atom stereocenters. The van der Waals surface area contributed by atoms with Crippen molar-refractivity contribution in [2.75, 3.05) is 0 Å². The lowest BCUT2D eigenvalue weighted by Gasteiger charge is -2.05. The summed E-state index contributed by atoms with van der Waals surface area (Å²) in [6, 6.07) is 4.91. The van der Waals surface area contributed by atoms with Gasteiger partial charge in [-0.3, -0.25) is 0 Å². The Morgan fingerprint density at radius 1 is 1.40 bits per heavy atom. The van der Waals surface area contributed by atoms with Gasteiger partial charge in [-0.25, -0.2) is 13.6 Å². The van der Waals surface area contributed by atoms with Gasteiger partial charge in [0.05, 0.1) is 4.90 Å². The molecule has 0 aromatic heterocycles. The van der Waals surface area contributed by atoms with E-state index in [2.05, 4.69) is 22.9 Å². The Balaban J connectivity index is 2.99. The molecule has 0 radical (unpaired) electrons. The fraction of sp³-hybridized carbons (Fsp3) is 0.400. The quantitative estimate of drug-likeness (QED) is 0.926. The maximum Gasteiger partial charge on any atom is 0.238 e. The van der Waals surface area contributed by atoms with E-state index in [-0.39, 0.29) is 4.90 Å². The number of hydrogen-bond acceptors (Lipinski definition) is 2. The molecule has 1 rings (SSSR count). The maximum absolute atomic E-state index is 11.1. The van der Waals surface area contributed by atoms with Crippen molar-refractivity contribution in [3.05, 3.63) is 28.2 Å². The summed E-state index contributed by atoms with van der Waals surface area (Å²) in [6.07, 6.45) is 3.15. The van der Waals surface area contributed by atoms with Crippen LogP contribution in [-0.4, -0.2) is 8.42 Å². The second kappa shape index (κ2) is 5.09. The Bertz CT molecular complexity index is 443. The third-order valence-electron chi connectivity index (χ3n) is 2.15. The SMILES string of the molecule is CCCCc1ccc(S(N)(=O)=O)cc1Br. The summed E-state index contributed by atoms with van der Waals surface area (Å²) < 4.78 is 22.9. The Morgan fingerprint density at radius 3 is 2.53 bits per heavy atom. The standard InChI is InChI=1S/C10H14BrNO2S/c1-2-3-4-8-5-6-9(7-10(8)11)15(12,13)14/h5-7H,2-4H2,1H3,(H2,12,13,14). The first-order valence-electron chi connectivity index (χ1n) is 4.76. The smallest absolute Gasteiger partial charge is 0.225 e.